The van der Waals surface area contributed by atoms with Gasteiger partial charge in [-0.2, -0.15) is 0 Å². The number of hydrogen-bond donors (Lipinski definition) is 1. The lowest BCUT2D eigenvalue weighted by atomic mass is 10.2. The molecule has 0 aromatic carbocycles. The van der Waals surface area contributed by atoms with Gasteiger partial charge in [0.2, 0.25) is 0 Å². The highest BCUT2D eigenvalue weighted by Gasteiger charge is 2.13. The molecule has 0 aliphatic carbocycles. The summed E-state index contributed by atoms with van der Waals surface area (Å²) in [6.07, 6.45) is 3.07. The monoisotopic (exact) mass is 234 g/mol. The fraction of sp³-hybridized carbons (Fsp3) is 0.909. The number of unbranched alkanes of at least 4 members (excludes halogenated alkanes) is 3. The Morgan fingerprint density at radius 1 is 1.31 bits per heavy atom. The second kappa shape index (κ2) is 10.7. The number of ether oxygens (including phenoxy) is 3. The summed E-state index contributed by atoms with van der Waals surface area (Å²) in [6, 6.07) is 0. The van der Waals surface area contributed by atoms with Crippen LogP contribution in [-0.4, -0.2) is 44.3 Å². The number of aliphatic hydroxyl groups is 1. The highest BCUT2D eigenvalue weighted by atomic mass is 16.7. The van der Waals surface area contributed by atoms with E-state index >= 15 is 0 Å². The van der Waals surface area contributed by atoms with Crippen molar-refractivity contribution < 1.29 is 24.1 Å². The Balaban J connectivity index is 3.44. The van der Waals surface area contributed by atoms with E-state index in [0.29, 0.717) is 6.61 Å². The molecule has 16 heavy (non-hydrogen) atoms. The minimum absolute atomic E-state index is 0.206. The summed E-state index contributed by atoms with van der Waals surface area (Å²) in [5.74, 6) is 0. The summed E-state index contributed by atoms with van der Waals surface area (Å²) in [6.45, 7) is 2.72. The minimum Gasteiger partial charge on any atom is -0.438 e. The fourth-order valence-electron chi connectivity index (χ4n) is 1.15. The highest BCUT2D eigenvalue weighted by molar-refractivity contribution is 5.59. The number of carbonyl (C=O) groups is 1. The maximum atomic E-state index is 10.7. The summed E-state index contributed by atoms with van der Waals surface area (Å²) in [5, 5.41) is 8.90. The molecule has 1 atom stereocenters. The Hall–Kier alpha value is -0.810. The normalized spacial score (nSPS) is 12.2. The molecular formula is C11H22O5. The molecule has 5 nitrogen and oxygen atoms in total. The lowest BCUT2D eigenvalue weighted by molar-refractivity contribution is -0.0311. The number of rotatable bonds is 9. The molecule has 0 aromatic rings. The standard InChI is InChI=1S/C11H22O5/c1-3-4-5-6-7-15-9-10(8-12)16-11(13)14-2/h10,12H,3-9H2,1-2H3. The topological polar surface area (TPSA) is 65.0 Å². The molecule has 5 heteroatoms. The quantitative estimate of drug-likeness (QED) is 0.486. The third kappa shape index (κ3) is 8.49. The van der Waals surface area contributed by atoms with E-state index in [1.54, 1.807) is 0 Å². The van der Waals surface area contributed by atoms with Crippen LogP contribution in [0.2, 0.25) is 0 Å². The minimum atomic E-state index is -0.798. The average Bonchev–Trinajstić information content (AvgIpc) is 2.31. The molecule has 0 rings (SSSR count). The molecule has 0 amide bonds. The summed E-state index contributed by atoms with van der Waals surface area (Å²) in [4.78, 5) is 10.7. The zero-order chi connectivity index (χ0) is 12.2. The van der Waals surface area contributed by atoms with Gasteiger partial charge in [-0.15, -0.1) is 0 Å². The van der Waals surface area contributed by atoms with E-state index in [9.17, 15) is 4.79 Å². The summed E-state index contributed by atoms with van der Waals surface area (Å²) >= 11 is 0. The van der Waals surface area contributed by atoms with Gasteiger partial charge in [-0.1, -0.05) is 26.2 Å². The third-order valence-electron chi connectivity index (χ3n) is 2.08. The van der Waals surface area contributed by atoms with Gasteiger partial charge in [-0.3, -0.25) is 0 Å². The van der Waals surface area contributed by atoms with Crippen molar-refractivity contribution >= 4 is 6.16 Å². The molecule has 1 unspecified atom stereocenters. The van der Waals surface area contributed by atoms with Crippen LogP contribution in [0.4, 0.5) is 4.79 Å². The zero-order valence-electron chi connectivity index (χ0n) is 10.1. The predicted octanol–water partition coefficient (Wildman–Crippen LogP) is 1.73. The smallest absolute Gasteiger partial charge is 0.438 e. The van der Waals surface area contributed by atoms with Gasteiger partial charge in [0.05, 0.1) is 20.3 Å². The molecule has 0 aromatic heterocycles. The molecule has 0 radical (unpaired) electrons. The van der Waals surface area contributed by atoms with E-state index in [1.165, 1.54) is 20.0 Å². The van der Waals surface area contributed by atoms with Gasteiger partial charge in [-0.05, 0) is 6.42 Å². The lowest BCUT2D eigenvalue weighted by Crippen LogP contribution is -2.27. The Morgan fingerprint density at radius 3 is 2.62 bits per heavy atom. The van der Waals surface area contributed by atoms with Crippen molar-refractivity contribution in [2.45, 2.75) is 38.7 Å². The van der Waals surface area contributed by atoms with Gasteiger partial charge >= 0.3 is 6.16 Å². The van der Waals surface area contributed by atoms with Crippen LogP contribution in [0.1, 0.15) is 32.6 Å². The Bertz CT molecular complexity index is 172. The van der Waals surface area contributed by atoms with Gasteiger partial charge in [0.25, 0.3) is 0 Å². The fourth-order valence-corrected chi connectivity index (χ4v) is 1.15. The third-order valence-corrected chi connectivity index (χ3v) is 2.08. The maximum Gasteiger partial charge on any atom is 0.508 e. The van der Waals surface area contributed by atoms with E-state index in [-0.39, 0.29) is 13.2 Å². The molecule has 1 N–H and O–H groups in total. The first-order valence-electron chi connectivity index (χ1n) is 5.67. The van der Waals surface area contributed by atoms with Crippen molar-refractivity contribution in [2.24, 2.45) is 0 Å². The van der Waals surface area contributed by atoms with Crippen LogP contribution in [0.25, 0.3) is 0 Å². The van der Waals surface area contributed by atoms with Crippen molar-refractivity contribution in [3.05, 3.63) is 0 Å². The van der Waals surface area contributed by atoms with Crippen molar-refractivity contribution in [2.75, 3.05) is 26.9 Å². The lowest BCUT2D eigenvalue weighted by Gasteiger charge is -2.14. The van der Waals surface area contributed by atoms with Crippen LogP contribution in [0.3, 0.4) is 0 Å². The maximum absolute atomic E-state index is 10.7. The zero-order valence-corrected chi connectivity index (χ0v) is 10.1. The van der Waals surface area contributed by atoms with Crippen LogP contribution in [-0.2, 0) is 14.2 Å². The molecule has 0 heterocycles. The van der Waals surface area contributed by atoms with Crippen LogP contribution in [0.15, 0.2) is 0 Å². The van der Waals surface area contributed by atoms with Crippen molar-refractivity contribution in [1.29, 1.82) is 0 Å². The molecule has 0 spiro atoms. The molecular weight excluding hydrogens is 212 g/mol. The van der Waals surface area contributed by atoms with Gasteiger partial charge in [0.1, 0.15) is 0 Å². The molecule has 0 fully saturated rings. The van der Waals surface area contributed by atoms with Crippen molar-refractivity contribution in [1.82, 2.24) is 0 Å². The Morgan fingerprint density at radius 2 is 2.06 bits per heavy atom. The average molecular weight is 234 g/mol. The van der Waals surface area contributed by atoms with Crippen molar-refractivity contribution in [3.8, 4) is 0 Å². The van der Waals surface area contributed by atoms with E-state index < -0.39 is 12.3 Å². The number of carbonyl (C=O) groups excluding carboxylic acids is 1. The molecule has 0 saturated carbocycles. The first kappa shape index (κ1) is 15.2. The van der Waals surface area contributed by atoms with Crippen LogP contribution in [0.5, 0.6) is 0 Å². The van der Waals surface area contributed by atoms with E-state index in [1.807, 2.05) is 0 Å². The van der Waals surface area contributed by atoms with Crippen LogP contribution in [0, 0.1) is 0 Å². The molecule has 0 bridgehead atoms. The molecule has 0 aliphatic heterocycles. The first-order chi connectivity index (χ1) is 7.74. The summed E-state index contributed by atoms with van der Waals surface area (Å²) in [7, 11) is 1.22. The largest absolute Gasteiger partial charge is 0.508 e. The van der Waals surface area contributed by atoms with E-state index in [2.05, 4.69) is 11.7 Å². The first-order valence-corrected chi connectivity index (χ1v) is 5.67. The number of aliphatic hydroxyl groups excluding tert-OH is 1. The predicted molar refractivity (Wildman–Crippen MR) is 59.3 cm³/mol. The Labute approximate surface area is 96.7 Å². The van der Waals surface area contributed by atoms with Gasteiger partial charge in [0.15, 0.2) is 6.10 Å². The molecule has 0 aliphatic rings. The second-order valence-electron chi connectivity index (χ2n) is 3.51. The second-order valence-corrected chi connectivity index (χ2v) is 3.51. The Kier molecular flexibility index (Phi) is 10.2. The SMILES string of the molecule is CCCCCCOCC(CO)OC(=O)OC. The van der Waals surface area contributed by atoms with E-state index in [0.717, 1.165) is 12.8 Å². The van der Waals surface area contributed by atoms with E-state index in [4.69, 9.17) is 14.6 Å². The van der Waals surface area contributed by atoms with Gasteiger partial charge in [0, 0.05) is 6.61 Å². The summed E-state index contributed by atoms with van der Waals surface area (Å²) < 4.78 is 14.3. The van der Waals surface area contributed by atoms with Crippen LogP contribution >= 0.6 is 0 Å². The molecule has 0 saturated heterocycles. The van der Waals surface area contributed by atoms with Crippen LogP contribution < -0.4 is 0 Å². The highest BCUT2D eigenvalue weighted by Crippen LogP contribution is 2.00. The summed E-state index contributed by atoms with van der Waals surface area (Å²) in [5.41, 5.74) is 0. The van der Waals surface area contributed by atoms with Gasteiger partial charge in [-0.25, -0.2) is 4.79 Å². The van der Waals surface area contributed by atoms with Gasteiger partial charge < -0.3 is 19.3 Å². The number of hydrogen-bond acceptors (Lipinski definition) is 5. The van der Waals surface area contributed by atoms with Crippen molar-refractivity contribution in [3.63, 3.8) is 0 Å². The molecule has 96 valence electrons. The number of methoxy groups -OCH3 is 1.